The first-order chi connectivity index (χ1) is 11.0. The van der Waals surface area contributed by atoms with E-state index >= 15 is 0 Å². The fourth-order valence-electron chi connectivity index (χ4n) is 2.69. The molecule has 0 saturated carbocycles. The number of benzene rings is 1. The minimum Gasteiger partial charge on any atom is -0.345 e. The molecule has 2 heterocycles. The van der Waals surface area contributed by atoms with Crippen molar-refractivity contribution in [3.63, 3.8) is 0 Å². The predicted octanol–water partition coefficient (Wildman–Crippen LogP) is 4.71. The number of para-hydroxylation sites is 1. The normalized spacial score (nSPS) is 14.9. The molecule has 1 saturated heterocycles. The monoisotopic (exact) mass is 326 g/mol. The Morgan fingerprint density at radius 2 is 2.00 bits per heavy atom. The molecule has 0 atom stereocenters. The highest BCUT2D eigenvalue weighted by Crippen LogP contribution is 2.38. The first kappa shape index (κ1) is 15.6. The summed E-state index contributed by atoms with van der Waals surface area (Å²) in [6.45, 7) is 8.60. The Kier molecular flexibility index (Phi) is 4.13. The van der Waals surface area contributed by atoms with Crippen molar-refractivity contribution < 1.29 is 9.59 Å². The highest BCUT2D eigenvalue weighted by atomic mass is 32.2. The van der Waals surface area contributed by atoms with E-state index in [1.807, 2.05) is 30.5 Å². The quantitative estimate of drug-likeness (QED) is 0.603. The highest BCUT2D eigenvalue weighted by molar-refractivity contribution is 8.18. The lowest BCUT2D eigenvalue weighted by atomic mass is 10.2. The molecule has 1 aliphatic rings. The van der Waals surface area contributed by atoms with E-state index in [0.717, 1.165) is 35.6 Å². The molecule has 1 aromatic carbocycles. The van der Waals surface area contributed by atoms with Crippen LogP contribution >= 0.6 is 11.8 Å². The Morgan fingerprint density at radius 1 is 1.26 bits per heavy atom. The van der Waals surface area contributed by atoms with E-state index in [-0.39, 0.29) is 16.1 Å². The van der Waals surface area contributed by atoms with E-state index < -0.39 is 0 Å². The Labute approximate surface area is 139 Å². The lowest BCUT2D eigenvalue weighted by Gasteiger charge is -2.10. The average molecular weight is 326 g/mol. The zero-order chi connectivity index (χ0) is 16.6. The van der Waals surface area contributed by atoms with E-state index in [0.29, 0.717) is 5.69 Å². The number of carbonyl (C=O) groups excluding carboxylic acids is 2. The predicted molar refractivity (Wildman–Crippen MR) is 95.6 cm³/mol. The van der Waals surface area contributed by atoms with Crippen LogP contribution in [0.3, 0.4) is 0 Å². The van der Waals surface area contributed by atoms with Gasteiger partial charge in [0.2, 0.25) is 0 Å². The third kappa shape index (κ3) is 2.84. The zero-order valence-corrected chi connectivity index (χ0v) is 14.0. The van der Waals surface area contributed by atoms with Crippen LogP contribution in [-0.2, 0) is 11.3 Å². The summed E-state index contributed by atoms with van der Waals surface area (Å²) < 4.78 is 2.09. The highest BCUT2D eigenvalue weighted by Gasteiger charge is 2.36. The molecule has 118 valence electrons. The van der Waals surface area contributed by atoms with Crippen LogP contribution in [0, 0.1) is 0 Å². The maximum absolute atomic E-state index is 12.2. The molecule has 0 aliphatic carbocycles. The molecule has 1 aromatic heterocycles. The van der Waals surface area contributed by atoms with Crippen molar-refractivity contribution in [1.29, 1.82) is 0 Å². The van der Waals surface area contributed by atoms with Gasteiger partial charge in [0.05, 0.1) is 16.1 Å². The number of rotatable bonds is 4. The van der Waals surface area contributed by atoms with Gasteiger partial charge in [-0.25, -0.2) is 4.90 Å². The van der Waals surface area contributed by atoms with Gasteiger partial charge in [-0.3, -0.25) is 9.59 Å². The van der Waals surface area contributed by atoms with Gasteiger partial charge in [-0.1, -0.05) is 36.4 Å². The largest absolute Gasteiger partial charge is 0.345 e. The lowest BCUT2D eigenvalue weighted by molar-refractivity contribution is -0.113. The van der Waals surface area contributed by atoms with Crippen LogP contribution in [-0.4, -0.2) is 15.7 Å². The molecular formula is C18H18N2O2S. The first-order valence-corrected chi connectivity index (χ1v) is 8.27. The van der Waals surface area contributed by atoms with Gasteiger partial charge in [0.25, 0.3) is 11.1 Å². The van der Waals surface area contributed by atoms with E-state index in [1.165, 1.54) is 10.5 Å². The van der Waals surface area contributed by atoms with Crippen LogP contribution < -0.4 is 4.90 Å². The summed E-state index contributed by atoms with van der Waals surface area (Å²) in [5, 5.41) is 0.619. The lowest BCUT2D eigenvalue weighted by Crippen LogP contribution is -2.27. The second-order valence-electron chi connectivity index (χ2n) is 5.73. The van der Waals surface area contributed by atoms with Crippen LogP contribution in [0.4, 0.5) is 10.5 Å². The number of fused-ring (bicyclic) bond motifs is 1. The van der Waals surface area contributed by atoms with Gasteiger partial charge in [-0.2, -0.15) is 0 Å². The summed E-state index contributed by atoms with van der Waals surface area (Å²) in [7, 11) is 0. The third-order valence-electron chi connectivity index (χ3n) is 3.77. The number of anilines is 1. The number of imide groups is 1. The van der Waals surface area contributed by atoms with Crippen molar-refractivity contribution in [3.8, 4) is 0 Å². The topological polar surface area (TPSA) is 42.3 Å². The van der Waals surface area contributed by atoms with Crippen molar-refractivity contribution in [2.45, 2.75) is 26.8 Å². The zero-order valence-electron chi connectivity index (χ0n) is 13.2. The van der Waals surface area contributed by atoms with E-state index in [1.54, 1.807) is 0 Å². The Morgan fingerprint density at radius 3 is 2.65 bits per heavy atom. The maximum atomic E-state index is 12.2. The molecule has 0 radical (unpaired) electrons. The number of aryl methyl sites for hydroxylation is 1. The minimum absolute atomic E-state index is 0.274. The molecule has 0 bridgehead atoms. The van der Waals surface area contributed by atoms with Gasteiger partial charge in [-0.15, -0.1) is 0 Å². The van der Waals surface area contributed by atoms with Crippen LogP contribution in [0.25, 0.3) is 10.9 Å². The van der Waals surface area contributed by atoms with Crippen molar-refractivity contribution >= 4 is 39.5 Å². The summed E-state index contributed by atoms with van der Waals surface area (Å²) >= 11 is 0.895. The molecule has 2 amide bonds. The van der Waals surface area contributed by atoms with Crippen LogP contribution in [0.5, 0.6) is 0 Å². The van der Waals surface area contributed by atoms with Crippen molar-refractivity contribution in [2.75, 3.05) is 4.90 Å². The van der Waals surface area contributed by atoms with Gasteiger partial charge in [0.1, 0.15) is 0 Å². The second-order valence-corrected chi connectivity index (χ2v) is 6.77. The molecule has 2 aromatic rings. The fraction of sp³-hybridized carbons (Fsp3) is 0.222. The molecule has 1 aliphatic heterocycles. The number of nitrogens with zero attached hydrogens (tertiary/aromatic N) is 2. The number of hydrogen-bond donors (Lipinski definition) is 0. The van der Waals surface area contributed by atoms with Gasteiger partial charge in [0.15, 0.2) is 0 Å². The molecule has 3 rings (SSSR count). The van der Waals surface area contributed by atoms with Crippen LogP contribution in [0.2, 0.25) is 0 Å². The van der Waals surface area contributed by atoms with Crippen molar-refractivity contribution in [3.05, 3.63) is 53.6 Å². The summed E-state index contributed by atoms with van der Waals surface area (Å²) in [5.41, 5.74) is 2.94. The number of allylic oxidation sites excluding steroid dienone is 2. The number of carbonyl (C=O) groups is 2. The van der Waals surface area contributed by atoms with Gasteiger partial charge < -0.3 is 4.57 Å². The third-order valence-corrected chi connectivity index (χ3v) is 4.54. The number of thioether (sulfide) groups is 1. The summed E-state index contributed by atoms with van der Waals surface area (Å²) in [6.07, 6.45) is 4.97. The van der Waals surface area contributed by atoms with E-state index in [2.05, 4.69) is 31.1 Å². The smallest absolute Gasteiger partial charge is 0.298 e. The van der Waals surface area contributed by atoms with Crippen molar-refractivity contribution in [2.24, 2.45) is 0 Å². The maximum Gasteiger partial charge on any atom is 0.298 e. The van der Waals surface area contributed by atoms with E-state index in [4.69, 9.17) is 0 Å². The minimum atomic E-state index is -0.327. The van der Waals surface area contributed by atoms with Gasteiger partial charge in [0, 0.05) is 18.1 Å². The second kappa shape index (κ2) is 6.08. The summed E-state index contributed by atoms with van der Waals surface area (Å²) in [6, 6.07) is 7.83. The standard InChI is InChI=1S/C18H18N2O2S/c1-12(2)7-6-10-19-11-16(14-8-4-5-9-15(14)19)20-17(21)13(3)23-18(20)22/h4-5,7-9,11H,3,6,10H2,1-2H3. The Hall–Kier alpha value is -2.27. The Bertz CT molecular complexity index is 844. The molecule has 23 heavy (non-hydrogen) atoms. The van der Waals surface area contributed by atoms with E-state index in [9.17, 15) is 9.59 Å². The molecule has 5 heteroatoms. The first-order valence-electron chi connectivity index (χ1n) is 7.45. The summed E-state index contributed by atoms with van der Waals surface area (Å²) in [4.78, 5) is 25.9. The molecular weight excluding hydrogens is 308 g/mol. The molecule has 1 fully saturated rings. The average Bonchev–Trinajstić information content (AvgIpc) is 2.97. The number of amides is 2. The van der Waals surface area contributed by atoms with Crippen LogP contribution in [0.15, 0.2) is 53.6 Å². The molecule has 0 unspecified atom stereocenters. The fourth-order valence-corrected chi connectivity index (χ4v) is 3.35. The number of hydrogen-bond acceptors (Lipinski definition) is 3. The molecule has 0 N–H and O–H groups in total. The SMILES string of the molecule is C=C1SC(=O)N(c2cn(CCC=C(C)C)c3ccccc23)C1=O. The molecule has 4 nitrogen and oxygen atoms in total. The van der Waals surface area contributed by atoms with Gasteiger partial charge in [-0.05, 0) is 38.1 Å². The van der Waals surface area contributed by atoms with Gasteiger partial charge >= 0.3 is 0 Å². The number of aromatic nitrogens is 1. The Balaban J connectivity index is 2.05. The molecule has 0 spiro atoms. The summed E-state index contributed by atoms with van der Waals surface area (Å²) in [5.74, 6) is -0.327. The van der Waals surface area contributed by atoms with Crippen molar-refractivity contribution in [1.82, 2.24) is 4.57 Å². The van der Waals surface area contributed by atoms with Crippen LogP contribution in [0.1, 0.15) is 20.3 Å².